The summed E-state index contributed by atoms with van der Waals surface area (Å²) in [5.74, 6) is -5.98. The Balaban J connectivity index is -0.0000000343. The van der Waals surface area contributed by atoms with Crippen molar-refractivity contribution in [3.8, 4) is 0 Å². The van der Waals surface area contributed by atoms with E-state index in [1.54, 1.807) is 0 Å². The van der Waals surface area contributed by atoms with Gasteiger partial charge >= 0.3 is 140 Å². The molecule has 0 atom stereocenters. The third kappa shape index (κ3) is 23.5. The molecule has 0 fully saturated rings. The van der Waals surface area contributed by atoms with Crippen molar-refractivity contribution in [2.75, 3.05) is 0 Å². The molecule has 0 aromatic carbocycles. The predicted octanol–water partition coefficient (Wildman–Crippen LogP) is -21.9. The van der Waals surface area contributed by atoms with E-state index in [-0.39, 0.29) is 163 Å². The normalized spacial score (nSPS) is 7.05. The van der Waals surface area contributed by atoms with Crippen LogP contribution < -0.4 is 168 Å². The molecule has 9 nitrogen and oxygen atoms in total. The molecule has 0 saturated heterocycles. The Labute approximate surface area is 230 Å². The van der Waals surface area contributed by atoms with Crippen molar-refractivity contribution >= 4 is 17.9 Å². The van der Waals surface area contributed by atoms with E-state index in [1.165, 1.54) is 0 Å². The molecule has 0 amide bonds. The van der Waals surface area contributed by atoms with E-state index >= 15 is 0 Å². The van der Waals surface area contributed by atoms with Gasteiger partial charge in [0.2, 0.25) is 0 Å². The smallest absolute Gasteiger partial charge is 1.00 e. The first kappa shape index (κ1) is 49.5. The summed E-state index contributed by atoms with van der Waals surface area (Å²) in [6.07, 6.45) is -2.72. The third-order valence-electron chi connectivity index (χ3n) is 1.25. The standard InChI is InChI=1S/C6H8O7.ClH.K.3Na.2H2O/c7-3(8)1-6(13,5(11)12)2-4(9)10;;;;;;;/h13H,1-2H2,(H,7,8)(H,9,10)(H,11,12);1H;;;;;2*1H2/q;;4*+1;;/p-4. The average molecular weight is 369 g/mol. The molecule has 0 aliphatic carbocycles. The second kappa shape index (κ2) is 24.5. The van der Waals surface area contributed by atoms with Crippen LogP contribution in [0.2, 0.25) is 0 Å². The molecule has 20 heavy (non-hydrogen) atoms. The van der Waals surface area contributed by atoms with Crippen LogP contribution in [0, 0.1) is 0 Å². The quantitative estimate of drug-likeness (QED) is 0.463. The molecule has 98 valence electrons. The fraction of sp³-hybridized carbons (Fsp3) is 0.500. The van der Waals surface area contributed by atoms with E-state index in [2.05, 4.69) is 0 Å². The molecule has 0 saturated carbocycles. The largest absolute Gasteiger partial charge is 1.00 e. The number of carbonyl (C=O) groups is 3. The second-order valence-electron chi connectivity index (χ2n) is 2.42. The minimum atomic E-state index is -2.97. The summed E-state index contributed by atoms with van der Waals surface area (Å²) in [6, 6.07) is 0. The number of hydrogen-bond donors (Lipinski definition) is 1. The van der Waals surface area contributed by atoms with E-state index in [0.29, 0.717) is 0 Å². The summed E-state index contributed by atoms with van der Waals surface area (Å²) >= 11 is 0. The molecule has 0 spiro atoms. The van der Waals surface area contributed by atoms with E-state index in [4.69, 9.17) is 5.11 Å². The van der Waals surface area contributed by atoms with E-state index in [0.717, 1.165) is 0 Å². The maximum atomic E-state index is 10.1. The Bertz CT molecular complexity index is 252. The summed E-state index contributed by atoms with van der Waals surface area (Å²) in [6.45, 7) is 0. The zero-order chi connectivity index (χ0) is 10.6. The number of halogens is 1. The Kier molecular flexibility index (Phi) is 60.5. The van der Waals surface area contributed by atoms with Gasteiger partial charge in [0.15, 0.2) is 0 Å². The maximum Gasteiger partial charge on any atom is 1.00 e. The molecule has 0 heterocycles. The van der Waals surface area contributed by atoms with Crippen molar-refractivity contribution in [3.63, 3.8) is 0 Å². The van der Waals surface area contributed by atoms with Gasteiger partial charge in [0.1, 0.15) is 5.60 Å². The summed E-state index contributed by atoms with van der Waals surface area (Å²) in [5, 5.41) is 38.9. The van der Waals surface area contributed by atoms with Gasteiger partial charge < -0.3 is 58.2 Å². The average Bonchev–Trinajstić information content (AvgIpc) is 1.82. The summed E-state index contributed by atoms with van der Waals surface area (Å²) in [7, 11) is 0. The number of carboxylic acids is 3. The number of carboxylic acid groups (broad SMARTS) is 3. The van der Waals surface area contributed by atoms with Crippen molar-refractivity contribution in [2.45, 2.75) is 18.4 Å². The Morgan fingerprint density at radius 1 is 0.850 bits per heavy atom. The summed E-state index contributed by atoms with van der Waals surface area (Å²) in [5.41, 5.74) is -2.97. The molecule has 0 bridgehead atoms. The zero-order valence-electron chi connectivity index (χ0n) is 11.7. The fourth-order valence-electron chi connectivity index (χ4n) is 0.684. The molecule has 0 aliphatic heterocycles. The van der Waals surface area contributed by atoms with Crippen molar-refractivity contribution in [2.24, 2.45) is 0 Å². The first-order valence-corrected chi connectivity index (χ1v) is 3.11. The van der Waals surface area contributed by atoms with E-state index in [1.807, 2.05) is 0 Å². The van der Waals surface area contributed by atoms with E-state index < -0.39 is 36.4 Å². The minimum Gasteiger partial charge on any atom is -1.00 e. The van der Waals surface area contributed by atoms with Crippen LogP contribution in [-0.2, 0) is 14.4 Å². The first-order chi connectivity index (χ1) is 5.78. The Morgan fingerprint density at radius 2 is 1.05 bits per heavy atom. The van der Waals surface area contributed by atoms with Crippen LogP contribution in [0.4, 0.5) is 0 Å². The van der Waals surface area contributed by atoms with Crippen LogP contribution in [-0.4, -0.2) is 39.6 Å². The molecule has 0 aromatic rings. The molecule has 0 unspecified atom stereocenters. The third-order valence-corrected chi connectivity index (χ3v) is 1.25. The van der Waals surface area contributed by atoms with Gasteiger partial charge in [-0.2, -0.15) is 0 Å². The minimum absolute atomic E-state index is 0. The van der Waals surface area contributed by atoms with Crippen LogP contribution in [0.5, 0.6) is 0 Å². The van der Waals surface area contributed by atoms with Gasteiger partial charge in [-0.25, -0.2) is 0 Å². The van der Waals surface area contributed by atoms with Gasteiger partial charge in [-0.05, 0) is 0 Å². The van der Waals surface area contributed by atoms with E-state index in [9.17, 15) is 29.7 Å². The molecule has 0 aliphatic rings. The number of carbonyl (C=O) groups excluding carboxylic acids is 3. The van der Waals surface area contributed by atoms with Crippen LogP contribution in [0.1, 0.15) is 12.8 Å². The molecule has 0 rings (SSSR count). The van der Waals surface area contributed by atoms with Gasteiger partial charge in [0.05, 0.1) is 5.97 Å². The van der Waals surface area contributed by atoms with Crippen molar-refractivity contribution in [1.82, 2.24) is 0 Å². The number of aliphatic hydroxyl groups is 1. The topological polar surface area (TPSA) is 204 Å². The zero-order valence-corrected chi connectivity index (χ0v) is 21.6. The van der Waals surface area contributed by atoms with Crippen molar-refractivity contribution in [1.29, 1.82) is 0 Å². The van der Waals surface area contributed by atoms with Gasteiger partial charge in [-0.1, -0.05) is 0 Å². The molecule has 0 aromatic heterocycles. The predicted molar refractivity (Wildman–Crippen MR) is 36.4 cm³/mol. The van der Waals surface area contributed by atoms with Crippen LogP contribution >= 0.6 is 0 Å². The molecule has 0 radical (unpaired) electrons. The summed E-state index contributed by atoms with van der Waals surface area (Å²) in [4.78, 5) is 30.0. The van der Waals surface area contributed by atoms with Crippen LogP contribution in [0.15, 0.2) is 0 Å². The van der Waals surface area contributed by atoms with Crippen LogP contribution in [0.25, 0.3) is 0 Å². The monoisotopic (exact) mass is 368 g/mol. The van der Waals surface area contributed by atoms with Crippen LogP contribution in [0.3, 0.4) is 0 Å². The van der Waals surface area contributed by atoms with Gasteiger partial charge in [-0.3, -0.25) is 0 Å². The van der Waals surface area contributed by atoms with Gasteiger partial charge in [0, 0.05) is 24.8 Å². The van der Waals surface area contributed by atoms with Crippen molar-refractivity contribution in [3.05, 3.63) is 0 Å². The second-order valence-corrected chi connectivity index (χ2v) is 2.42. The molecular weight excluding hydrogens is 360 g/mol. The maximum absolute atomic E-state index is 10.1. The SMILES string of the molecule is O.O.O=C([O-])CC(O)(CC(=O)[O-])C(=O)[O-].[Cl-].[K+].[Na+].[Na+].[Na+]. The summed E-state index contributed by atoms with van der Waals surface area (Å²) < 4.78 is 0. The Hall–Kier alpha value is 3.22. The number of hydrogen-bond acceptors (Lipinski definition) is 7. The molecule has 14 heteroatoms. The van der Waals surface area contributed by atoms with Gasteiger partial charge in [0.25, 0.3) is 0 Å². The Morgan fingerprint density at radius 3 is 1.15 bits per heavy atom. The van der Waals surface area contributed by atoms with Gasteiger partial charge in [-0.15, -0.1) is 0 Å². The first-order valence-electron chi connectivity index (χ1n) is 3.11. The molecular formula is C6H9ClKNa3O9. The molecule has 5 N–H and O–H groups in total. The number of aliphatic carboxylic acids is 3. The van der Waals surface area contributed by atoms with Crippen molar-refractivity contribution < 1.29 is 198 Å². The number of rotatable bonds is 5. The fourth-order valence-corrected chi connectivity index (χ4v) is 0.684.